The van der Waals surface area contributed by atoms with E-state index in [1.54, 1.807) is 24.3 Å². The van der Waals surface area contributed by atoms with Gasteiger partial charge in [-0.2, -0.15) is 0 Å². The summed E-state index contributed by atoms with van der Waals surface area (Å²) in [6, 6.07) is 10.7. The van der Waals surface area contributed by atoms with Crippen LogP contribution in [0.3, 0.4) is 0 Å². The topological polar surface area (TPSA) is 116 Å². The Morgan fingerprint density at radius 3 is 2.41 bits per heavy atom. The molecule has 2 aromatic rings. The number of carbonyl (C=O) groups excluding carboxylic acids is 3. The van der Waals surface area contributed by atoms with E-state index in [0.29, 0.717) is 22.8 Å². The molecule has 1 saturated carbocycles. The molecule has 2 fully saturated rings. The van der Waals surface area contributed by atoms with Crippen LogP contribution in [0.5, 0.6) is 5.75 Å². The van der Waals surface area contributed by atoms with Crippen molar-refractivity contribution in [3.8, 4) is 5.75 Å². The minimum atomic E-state index is -1.25. The first-order chi connectivity index (χ1) is 18.8. The van der Waals surface area contributed by atoms with E-state index in [0.717, 1.165) is 32.1 Å². The number of ether oxygens (including phenoxy) is 1. The standard InChI is InChI=1S/C29H34FN3O6/c1-39-23-8-4-7-21(17-23)29(38)33-16-15-32(25(34)14-9-19-5-2-3-6-19)28(33)27(37)31-24(18-26(35)36)20-10-12-22(30)13-11-20/h4,7-8,10-13,17,19,24,28H,2-3,5-6,9,14-16,18H2,1H3,(H,31,37)(H,35,36). The van der Waals surface area contributed by atoms with Crippen molar-refractivity contribution in [2.24, 2.45) is 5.92 Å². The molecule has 208 valence electrons. The van der Waals surface area contributed by atoms with Gasteiger partial charge < -0.3 is 25.0 Å². The van der Waals surface area contributed by atoms with Crippen LogP contribution in [0.25, 0.3) is 0 Å². The number of rotatable bonds is 10. The third-order valence-electron chi connectivity index (χ3n) is 7.51. The Morgan fingerprint density at radius 1 is 1.05 bits per heavy atom. The zero-order valence-electron chi connectivity index (χ0n) is 22.0. The Kier molecular flexibility index (Phi) is 9.16. The molecule has 3 amide bonds. The lowest BCUT2D eigenvalue weighted by Crippen LogP contribution is -2.54. The van der Waals surface area contributed by atoms with Crippen LogP contribution in [0.1, 0.15) is 66.9 Å². The molecule has 9 nitrogen and oxygen atoms in total. The molecule has 2 aromatic carbocycles. The number of aliphatic carboxylic acids is 1. The molecule has 10 heteroatoms. The van der Waals surface area contributed by atoms with E-state index in [-0.39, 0.29) is 25.4 Å². The Balaban J connectivity index is 1.59. The third kappa shape index (κ3) is 6.93. The van der Waals surface area contributed by atoms with Crippen molar-refractivity contribution in [1.29, 1.82) is 0 Å². The van der Waals surface area contributed by atoms with Crippen LogP contribution in [-0.2, 0) is 14.4 Å². The molecule has 0 aromatic heterocycles. The number of hydrogen-bond donors (Lipinski definition) is 2. The van der Waals surface area contributed by atoms with Crippen LogP contribution in [0.4, 0.5) is 4.39 Å². The average molecular weight is 540 g/mol. The van der Waals surface area contributed by atoms with Crippen molar-refractivity contribution in [3.05, 3.63) is 65.5 Å². The summed E-state index contributed by atoms with van der Waals surface area (Å²) in [4.78, 5) is 55.0. The molecule has 4 rings (SSSR count). The highest BCUT2D eigenvalue weighted by molar-refractivity contribution is 5.99. The first-order valence-electron chi connectivity index (χ1n) is 13.3. The van der Waals surface area contributed by atoms with E-state index in [1.165, 1.54) is 41.2 Å². The van der Waals surface area contributed by atoms with Gasteiger partial charge in [0.2, 0.25) is 5.91 Å². The second kappa shape index (κ2) is 12.7. The van der Waals surface area contributed by atoms with E-state index >= 15 is 0 Å². The highest BCUT2D eigenvalue weighted by Crippen LogP contribution is 2.30. The number of nitrogens with zero attached hydrogens (tertiary/aromatic N) is 2. The van der Waals surface area contributed by atoms with E-state index in [2.05, 4.69) is 5.32 Å². The van der Waals surface area contributed by atoms with E-state index < -0.39 is 42.2 Å². The lowest BCUT2D eigenvalue weighted by molar-refractivity contribution is -0.143. The number of carboxylic acids is 1. The van der Waals surface area contributed by atoms with Crippen molar-refractivity contribution in [2.45, 2.75) is 57.2 Å². The molecular formula is C29H34FN3O6. The lowest BCUT2D eigenvalue weighted by Gasteiger charge is -2.31. The highest BCUT2D eigenvalue weighted by atomic mass is 19.1. The lowest BCUT2D eigenvalue weighted by atomic mass is 10.0. The second-order valence-corrected chi connectivity index (χ2v) is 10.1. The number of carboxylic acid groups (broad SMARTS) is 1. The maximum absolute atomic E-state index is 13.7. The summed E-state index contributed by atoms with van der Waals surface area (Å²) in [6.45, 7) is 0.320. The van der Waals surface area contributed by atoms with Gasteiger partial charge in [0, 0.05) is 25.1 Å². The molecule has 2 atom stereocenters. The number of carbonyl (C=O) groups is 4. The number of amides is 3. The Hall–Kier alpha value is -3.95. The summed E-state index contributed by atoms with van der Waals surface area (Å²) < 4.78 is 18.7. The van der Waals surface area contributed by atoms with Gasteiger partial charge in [0.05, 0.1) is 19.6 Å². The molecule has 39 heavy (non-hydrogen) atoms. The minimum absolute atomic E-state index is 0.142. The first-order valence-corrected chi connectivity index (χ1v) is 13.3. The molecule has 0 radical (unpaired) electrons. The van der Waals surface area contributed by atoms with Crippen molar-refractivity contribution in [3.63, 3.8) is 0 Å². The van der Waals surface area contributed by atoms with Crippen molar-refractivity contribution in [2.75, 3.05) is 20.2 Å². The Bertz CT molecular complexity index is 1200. The predicted octanol–water partition coefficient (Wildman–Crippen LogP) is 3.75. The van der Waals surface area contributed by atoms with Crippen LogP contribution in [0, 0.1) is 11.7 Å². The van der Waals surface area contributed by atoms with Gasteiger partial charge in [0.15, 0.2) is 6.17 Å². The number of halogens is 1. The fourth-order valence-corrected chi connectivity index (χ4v) is 5.45. The fourth-order valence-electron chi connectivity index (χ4n) is 5.45. The second-order valence-electron chi connectivity index (χ2n) is 10.1. The highest BCUT2D eigenvalue weighted by Gasteiger charge is 2.43. The molecule has 2 N–H and O–H groups in total. The van der Waals surface area contributed by atoms with Gasteiger partial charge in [-0.05, 0) is 48.2 Å². The predicted molar refractivity (Wildman–Crippen MR) is 140 cm³/mol. The van der Waals surface area contributed by atoms with Gasteiger partial charge in [0.1, 0.15) is 11.6 Å². The average Bonchev–Trinajstić information content (AvgIpc) is 3.61. The van der Waals surface area contributed by atoms with E-state index in [9.17, 15) is 28.7 Å². The number of methoxy groups -OCH3 is 1. The van der Waals surface area contributed by atoms with Gasteiger partial charge in [-0.3, -0.25) is 19.2 Å². The molecule has 0 spiro atoms. The number of hydrogen-bond acceptors (Lipinski definition) is 5. The van der Waals surface area contributed by atoms with Crippen LogP contribution >= 0.6 is 0 Å². The van der Waals surface area contributed by atoms with Crippen molar-refractivity contribution in [1.82, 2.24) is 15.1 Å². The van der Waals surface area contributed by atoms with Gasteiger partial charge in [-0.1, -0.05) is 43.9 Å². The summed E-state index contributed by atoms with van der Waals surface area (Å²) in [6.07, 6.45) is 3.78. The summed E-state index contributed by atoms with van der Waals surface area (Å²) in [5, 5.41) is 12.2. The molecule has 1 aliphatic heterocycles. The zero-order valence-corrected chi connectivity index (χ0v) is 22.0. The largest absolute Gasteiger partial charge is 0.497 e. The SMILES string of the molecule is COc1cccc(C(=O)N2CCN(C(=O)CCC3CCCC3)C2C(=O)NC(CC(=O)O)c2ccc(F)cc2)c1. The minimum Gasteiger partial charge on any atom is -0.497 e. The number of nitrogens with one attached hydrogen (secondary N) is 1. The van der Waals surface area contributed by atoms with Gasteiger partial charge in [-0.15, -0.1) is 0 Å². The quantitative estimate of drug-likeness (QED) is 0.475. The molecule has 0 bridgehead atoms. The monoisotopic (exact) mass is 539 g/mol. The molecule has 1 aliphatic carbocycles. The summed E-state index contributed by atoms with van der Waals surface area (Å²) in [7, 11) is 1.48. The normalized spacial score (nSPS) is 18.2. The molecule has 1 saturated heterocycles. The third-order valence-corrected chi connectivity index (χ3v) is 7.51. The molecule has 1 heterocycles. The zero-order chi connectivity index (χ0) is 27.9. The van der Waals surface area contributed by atoms with Crippen molar-refractivity contribution >= 4 is 23.7 Å². The summed E-state index contributed by atoms with van der Waals surface area (Å²) in [5.41, 5.74) is 0.697. The van der Waals surface area contributed by atoms with Crippen molar-refractivity contribution < 1.29 is 33.4 Å². The summed E-state index contributed by atoms with van der Waals surface area (Å²) in [5.74, 6) is -2.04. The van der Waals surface area contributed by atoms with Crippen LogP contribution in [0.15, 0.2) is 48.5 Å². The molecule has 2 unspecified atom stereocenters. The molecule has 2 aliphatic rings. The van der Waals surface area contributed by atoms with E-state index in [4.69, 9.17) is 4.74 Å². The van der Waals surface area contributed by atoms with Gasteiger partial charge in [0.25, 0.3) is 11.8 Å². The van der Waals surface area contributed by atoms with E-state index in [1.807, 2.05) is 0 Å². The van der Waals surface area contributed by atoms with Crippen LogP contribution < -0.4 is 10.1 Å². The van der Waals surface area contributed by atoms with Crippen LogP contribution in [-0.4, -0.2) is 65.0 Å². The maximum atomic E-state index is 13.7. The summed E-state index contributed by atoms with van der Waals surface area (Å²) >= 11 is 0. The Morgan fingerprint density at radius 2 is 1.74 bits per heavy atom. The van der Waals surface area contributed by atoms with Crippen LogP contribution in [0.2, 0.25) is 0 Å². The van der Waals surface area contributed by atoms with Gasteiger partial charge in [-0.25, -0.2) is 4.39 Å². The fraction of sp³-hybridized carbons (Fsp3) is 0.448. The number of benzene rings is 2. The maximum Gasteiger partial charge on any atom is 0.305 e. The Labute approximate surface area is 226 Å². The smallest absolute Gasteiger partial charge is 0.305 e. The van der Waals surface area contributed by atoms with Gasteiger partial charge >= 0.3 is 5.97 Å². The molecular weight excluding hydrogens is 505 g/mol. The first kappa shape index (κ1) is 28.1.